The standard InChI is InChI=1S/C11H10ClN3O2S/c1-2-5-14-11(16)8-9(15-17-10(8)13)6-3-4-7(12)18-6/h2-4H,1,5,13H2,(H,14,16). The summed E-state index contributed by atoms with van der Waals surface area (Å²) < 4.78 is 5.47. The number of hydrogen-bond acceptors (Lipinski definition) is 5. The highest BCUT2D eigenvalue weighted by molar-refractivity contribution is 7.19. The van der Waals surface area contributed by atoms with E-state index in [0.717, 1.165) is 4.88 Å². The van der Waals surface area contributed by atoms with E-state index < -0.39 is 0 Å². The zero-order chi connectivity index (χ0) is 13.1. The van der Waals surface area contributed by atoms with Gasteiger partial charge in [0.1, 0.15) is 11.3 Å². The number of thiophene rings is 1. The molecule has 2 aromatic heterocycles. The van der Waals surface area contributed by atoms with Gasteiger partial charge in [0, 0.05) is 6.54 Å². The lowest BCUT2D eigenvalue weighted by molar-refractivity contribution is 0.0959. The summed E-state index contributed by atoms with van der Waals surface area (Å²) in [6.45, 7) is 3.86. The Bertz CT molecular complexity index is 591. The average molecular weight is 284 g/mol. The van der Waals surface area contributed by atoms with Gasteiger partial charge in [0.15, 0.2) is 0 Å². The van der Waals surface area contributed by atoms with Crippen molar-refractivity contribution in [3.8, 4) is 10.6 Å². The minimum Gasteiger partial charge on any atom is -0.367 e. The van der Waals surface area contributed by atoms with Crippen molar-refractivity contribution in [3.05, 3.63) is 34.7 Å². The molecule has 0 aliphatic carbocycles. The molecular weight excluding hydrogens is 274 g/mol. The van der Waals surface area contributed by atoms with Crippen molar-refractivity contribution in [1.82, 2.24) is 10.5 Å². The number of rotatable bonds is 4. The van der Waals surface area contributed by atoms with Gasteiger partial charge in [-0.05, 0) is 12.1 Å². The molecule has 5 nitrogen and oxygen atoms in total. The van der Waals surface area contributed by atoms with Gasteiger partial charge in [-0.2, -0.15) is 0 Å². The number of nitrogens with zero attached hydrogens (tertiary/aromatic N) is 1. The van der Waals surface area contributed by atoms with E-state index in [9.17, 15) is 4.79 Å². The Morgan fingerprint density at radius 1 is 1.67 bits per heavy atom. The summed E-state index contributed by atoms with van der Waals surface area (Å²) in [5, 5.41) is 6.42. The Balaban J connectivity index is 2.38. The summed E-state index contributed by atoms with van der Waals surface area (Å²) in [4.78, 5) is 12.6. The van der Waals surface area contributed by atoms with Crippen molar-refractivity contribution in [2.45, 2.75) is 0 Å². The SMILES string of the molecule is C=CCNC(=O)c1c(-c2ccc(Cl)s2)noc1N. The molecule has 0 saturated heterocycles. The normalized spacial score (nSPS) is 10.3. The van der Waals surface area contributed by atoms with Crippen molar-refractivity contribution >= 4 is 34.7 Å². The number of aromatic nitrogens is 1. The van der Waals surface area contributed by atoms with Gasteiger partial charge in [0.05, 0.1) is 9.21 Å². The number of carbonyl (C=O) groups excluding carboxylic acids is 1. The molecule has 94 valence electrons. The van der Waals surface area contributed by atoms with Crippen LogP contribution in [-0.2, 0) is 0 Å². The number of nitrogens with two attached hydrogens (primary N) is 1. The third-order valence-corrected chi connectivity index (χ3v) is 3.40. The first kappa shape index (κ1) is 12.7. The van der Waals surface area contributed by atoms with Gasteiger partial charge in [-0.1, -0.05) is 22.8 Å². The average Bonchev–Trinajstić information content (AvgIpc) is 2.92. The molecule has 7 heteroatoms. The lowest BCUT2D eigenvalue weighted by atomic mass is 10.2. The van der Waals surface area contributed by atoms with Crippen LogP contribution in [0, 0.1) is 0 Å². The molecule has 18 heavy (non-hydrogen) atoms. The fourth-order valence-electron chi connectivity index (χ4n) is 1.39. The largest absolute Gasteiger partial charge is 0.367 e. The molecule has 0 unspecified atom stereocenters. The van der Waals surface area contributed by atoms with Crippen LogP contribution in [0.1, 0.15) is 10.4 Å². The Labute approximate surface area is 112 Å². The van der Waals surface area contributed by atoms with E-state index in [1.165, 1.54) is 11.3 Å². The summed E-state index contributed by atoms with van der Waals surface area (Å²) in [7, 11) is 0. The number of nitrogens with one attached hydrogen (secondary N) is 1. The van der Waals surface area contributed by atoms with Gasteiger partial charge in [-0.15, -0.1) is 17.9 Å². The second-order valence-corrected chi connectivity index (χ2v) is 5.09. The van der Waals surface area contributed by atoms with E-state index in [1.807, 2.05) is 0 Å². The number of hydrogen-bond donors (Lipinski definition) is 2. The maximum absolute atomic E-state index is 11.9. The van der Waals surface area contributed by atoms with Crippen LogP contribution in [-0.4, -0.2) is 17.6 Å². The van der Waals surface area contributed by atoms with Gasteiger partial charge < -0.3 is 15.6 Å². The van der Waals surface area contributed by atoms with Gasteiger partial charge >= 0.3 is 0 Å². The highest BCUT2D eigenvalue weighted by atomic mass is 35.5. The van der Waals surface area contributed by atoms with Crippen molar-refractivity contribution in [3.63, 3.8) is 0 Å². The van der Waals surface area contributed by atoms with Crippen LogP contribution in [0.4, 0.5) is 5.88 Å². The molecular formula is C11H10ClN3O2S. The van der Waals surface area contributed by atoms with Gasteiger partial charge in [0.2, 0.25) is 5.88 Å². The van der Waals surface area contributed by atoms with E-state index >= 15 is 0 Å². The van der Waals surface area contributed by atoms with E-state index in [1.54, 1.807) is 18.2 Å². The lowest BCUT2D eigenvalue weighted by Gasteiger charge is -2.01. The first-order chi connectivity index (χ1) is 8.63. The number of amides is 1. The molecule has 3 N–H and O–H groups in total. The van der Waals surface area contributed by atoms with Gasteiger partial charge in [-0.3, -0.25) is 4.79 Å². The second kappa shape index (κ2) is 5.24. The summed E-state index contributed by atoms with van der Waals surface area (Å²) in [6, 6.07) is 3.48. The fourth-order valence-corrected chi connectivity index (χ4v) is 2.42. The molecule has 0 spiro atoms. The molecule has 1 amide bonds. The van der Waals surface area contributed by atoms with Crippen LogP contribution in [0.25, 0.3) is 10.6 Å². The third kappa shape index (κ3) is 2.39. The first-order valence-electron chi connectivity index (χ1n) is 5.03. The van der Waals surface area contributed by atoms with Gasteiger partial charge in [-0.25, -0.2) is 0 Å². The lowest BCUT2D eigenvalue weighted by Crippen LogP contribution is -2.24. The predicted molar refractivity (Wildman–Crippen MR) is 71.8 cm³/mol. The molecule has 0 aliphatic heterocycles. The van der Waals surface area contributed by atoms with Crippen molar-refractivity contribution < 1.29 is 9.32 Å². The minimum atomic E-state index is -0.354. The number of halogens is 1. The minimum absolute atomic E-state index is 0.0175. The number of anilines is 1. The van der Waals surface area contributed by atoms with E-state index in [4.69, 9.17) is 21.9 Å². The Morgan fingerprint density at radius 3 is 3.06 bits per heavy atom. The summed E-state index contributed by atoms with van der Waals surface area (Å²) in [5.74, 6) is -0.371. The summed E-state index contributed by atoms with van der Waals surface area (Å²) >= 11 is 7.14. The van der Waals surface area contributed by atoms with Crippen LogP contribution in [0.2, 0.25) is 4.34 Å². The maximum atomic E-state index is 11.9. The topological polar surface area (TPSA) is 81.2 Å². The van der Waals surface area contributed by atoms with E-state index in [0.29, 0.717) is 16.6 Å². The molecule has 0 atom stereocenters. The summed E-state index contributed by atoms with van der Waals surface area (Å²) in [5.41, 5.74) is 6.23. The van der Waals surface area contributed by atoms with Crippen molar-refractivity contribution in [1.29, 1.82) is 0 Å². The van der Waals surface area contributed by atoms with Crippen LogP contribution < -0.4 is 11.1 Å². The van der Waals surface area contributed by atoms with Crippen LogP contribution >= 0.6 is 22.9 Å². The van der Waals surface area contributed by atoms with Gasteiger partial charge in [0.25, 0.3) is 5.91 Å². The smallest absolute Gasteiger partial charge is 0.259 e. The Hall–Kier alpha value is -1.79. The Kier molecular flexibility index (Phi) is 3.69. The molecule has 0 aromatic carbocycles. The monoisotopic (exact) mass is 283 g/mol. The Morgan fingerprint density at radius 2 is 2.44 bits per heavy atom. The highest BCUT2D eigenvalue weighted by Gasteiger charge is 2.22. The van der Waals surface area contributed by atoms with E-state index in [2.05, 4.69) is 17.1 Å². The molecule has 2 rings (SSSR count). The van der Waals surface area contributed by atoms with Crippen LogP contribution in [0.3, 0.4) is 0 Å². The van der Waals surface area contributed by atoms with Crippen molar-refractivity contribution in [2.75, 3.05) is 12.3 Å². The van der Waals surface area contributed by atoms with Crippen molar-refractivity contribution in [2.24, 2.45) is 0 Å². The van der Waals surface area contributed by atoms with Crippen LogP contribution in [0.5, 0.6) is 0 Å². The quantitative estimate of drug-likeness (QED) is 0.845. The molecule has 0 aliphatic rings. The molecule has 2 heterocycles. The number of nitrogen functional groups attached to an aromatic ring is 1. The molecule has 2 aromatic rings. The third-order valence-electron chi connectivity index (χ3n) is 2.16. The zero-order valence-electron chi connectivity index (χ0n) is 9.27. The zero-order valence-corrected chi connectivity index (χ0v) is 10.8. The molecule has 0 fully saturated rings. The molecule has 0 saturated carbocycles. The molecule has 0 radical (unpaired) electrons. The van der Waals surface area contributed by atoms with E-state index in [-0.39, 0.29) is 17.4 Å². The summed E-state index contributed by atoms with van der Waals surface area (Å²) in [6.07, 6.45) is 1.57. The first-order valence-corrected chi connectivity index (χ1v) is 6.23. The predicted octanol–water partition coefficient (Wildman–Crippen LogP) is 2.55. The highest BCUT2D eigenvalue weighted by Crippen LogP contribution is 2.34. The maximum Gasteiger partial charge on any atom is 0.259 e. The fraction of sp³-hybridized carbons (Fsp3) is 0.0909. The second-order valence-electron chi connectivity index (χ2n) is 3.37. The number of carbonyl (C=O) groups is 1. The van der Waals surface area contributed by atoms with Crippen LogP contribution in [0.15, 0.2) is 29.3 Å². The molecule has 0 bridgehead atoms.